The number of amides is 1. The van der Waals surface area contributed by atoms with E-state index in [0.29, 0.717) is 19.6 Å². The van der Waals surface area contributed by atoms with Crippen LogP contribution in [0.25, 0.3) is 0 Å². The lowest BCUT2D eigenvalue weighted by molar-refractivity contribution is -0.137. The van der Waals surface area contributed by atoms with Gasteiger partial charge in [0, 0.05) is 5.92 Å². The number of hydrogen-bond donors (Lipinski definition) is 1. The van der Waals surface area contributed by atoms with Crippen LogP contribution in [0.4, 0.5) is 13.2 Å². The molecule has 1 fully saturated rings. The van der Waals surface area contributed by atoms with Gasteiger partial charge >= 0.3 is 6.18 Å². The Kier molecular flexibility index (Phi) is 4.97. The third-order valence-electron chi connectivity index (χ3n) is 4.21. The number of alkyl halides is 3. The summed E-state index contributed by atoms with van der Waals surface area (Å²) >= 11 is 0. The Hall–Kier alpha value is -2.50. The molecular formula is C19H18F3NO2. The highest BCUT2D eigenvalue weighted by Gasteiger charge is 2.44. The van der Waals surface area contributed by atoms with Gasteiger partial charge in [0.2, 0.25) is 5.91 Å². The highest BCUT2D eigenvalue weighted by atomic mass is 19.4. The van der Waals surface area contributed by atoms with Crippen molar-refractivity contribution in [3.8, 4) is 5.75 Å². The van der Waals surface area contributed by atoms with E-state index in [-0.39, 0.29) is 17.7 Å². The van der Waals surface area contributed by atoms with Gasteiger partial charge in [-0.3, -0.25) is 4.79 Å². The Morgan fingerprint density at radius 1 is 1.08 bits per heavy atom. The summed E-state index contributed by atoms with van der Waals surface area (Å²) in [4.78, 5) is 12.1. The molecule has 2 unspecified atom stereocenters. The molecule has 0 heterocycles. The van der Waals surface area contributed by atoms with Crippen LogP contribution in [0.5, 0.6) is 5.75 Å². The third kappa shape index (κ3) is 4.53. The van der Waals surface area contributed by atoms with Gasteiger partial charge < -0.3 is 10.1 Å². The molecule has 2 aromatic rings. The van der Waals surface area contributed by atoms with E-state index in [4.69, 9.17) is 4.74 Å². The Morgan fingerprint density at radius 3 is 2.40 bits per heavy atom. The molecule has 0 bridgehead atoms. The minimum absolute atomic E-state index is 0.00248. The zero-order valence-electron chi connectivity index (χ0n) is 13.4. The Morgan fingerprint density at radius 2 is 1.76 bits per heavy atom. The number of carbonyl (C=O) groups is 1. The Balaban J connectivity index is 1.43. The summed E-state index contributed by atoms with van der Waals surface area (Å²) in [7, 11) is 0. The summed E-state index contributed by atoms with van der Waals surface area (Å²) in [5, 5.41) is 2.81. The van der Waals surface area contributed by atoms with Gasteiger partial charge in [0.25, 0.3) is 0 Å². The van der Waals surface area contributed by atoms with Gasteiger partial charge in [0.05, 0.1) is 12.1 Å². The maximum Gasteiger partial charge on any atom is 0.416 e. The first-order chi connectivity index (χ1) is 11.9. The number of carbonyl (C=O) groups excluding carboxylic acids is 1. The molecule has 3 rings (SSSR count). The van der Waals surface area contributed by atoms with Crippen LogP contribution < -0.4 is 10.1 Å². The first kappa shape index (κ1) is 17.3. The molecule has 0 aliphatic heterocycles. The van der Waals surface area contributed by atoms with Crippen molar-refractivity contribution in [3.05, 3.63) is 65.7 Å². The number of hydrogen-bond acceptors (Lipinski definition) is 2. The van der Waals surface area contributed by atoms with Crippen LogP contribution in [0.15, 0.2) is 54.6 Å². The molecule has 132 valence electrons. The predicted molar refractivity (Wildman–Crippen MR) is 87.2 cm³/mol. The maximum atomic E-state index is 12.6. The lowest BCUT2D eigenvalue weighted by Gasteiger charge is -2.08. The van der Waals surface area contributed by atoms with Crippen molar-refractivity contribution in [2.75, 3.05) is 13.2 Å². The minimum Gasteiger partial charge on any atom is -0.492 e. The molecule has 2 aromatic carbocycles. The van der Waals surface area contributed by atoms with Crippen LogP contribution in [0.1, 0.15) is 23.5 Å². The fourth-order valence-corrected chi connectivity index (χ4v) is 2.76. The topological polar surface area (TPSA) is 38.3 Å². The maximum absolute atomic E-state index is 12.6. The fraction of sp³-hybridized carbons (Fsp3) is 0.316. The molecule has 1 N–H and O–H groups in total. The van der Waals surface area contributed by atoms with Crippen molar-refractivity contribution in [1.82, 2.24) is 5.32 Å². The van der Waals surface area contributed by atoms with E-state index in [1.54, 1.807) is 0 Å². The average Bonchev–Trinajstić information content (AvgIpc) is 3.40. The van der Waals surface area contributed by atoms with Crippen LogP contribution in [-0.4, -0.2) is 19.1 Å². The lowest BCUT2D eigenvalue weighted by Crippen LogP contribution is -2.29. The van der Waals surface area contributed by atoms with Gasteiger partial charge in [-0.25, -0.2) is 0 Å². The average molecular weight is 349 g/mol. The smallest absolute Gasteiger partial charge is 0.416 e. The van der Waals surface area contributed by atoms with Crippen LogP contribution in [0.2, 0.25) is 0 Å². The van der Waals surface area contributed by atoms with Gasteiger partial charge in [-0.1, -0.05) is 30.3 Å². The Bertz CT molecular complexity index is 714. The van der Waals surface area contributed by atoms with Crippen LogP contribution in [-0.2, 0) is 11.0 Å². The summed E-state index contributed by atoms with van der Waals surface area (Å²) in [5.74, 6) is 0.484. The normalized spacial score (nSPS) is 19.3. The molecular weight excluding hydrogens is 331 g/mol. The van der Waals surface area contributed by atoms with Crippen molar-refractivity contribution in [2.45, 2.75) is 18.5 Å². The molecule has 0 aromatic heterocycles. The van der Waals surface area contributed by atoms with Gasteiger partial charge in [0.1, 0.15) is 12.4 Å². The zero-order valence-corrected chi connectivity index (χ0v) is 13.4. The number of halogens is 3. The molecule has 6 heteroatoms. The van der Waals surface area contributed by atoms with Gasteiger partial charge in [0.15, 0.2) is 0 Å². The monoisotopic (exact) mass is 349 g/mol. The van der Waals surface area contributed by atoms with E-state index < -0.39 is 11.7 Å². The van der Waals surface area contributed by atoms with Crippen molar-refractivity contribution < 1.29 is 22.7 Å². The summed E-state index contributed by atoms with van der Waals surface area (Å²) < 4.78 is 43.2. The zero-order chi connectivity index (χ0) is 17.9. The minimum atomic E-state index is -4.34. The highest BCUT2D eigenvalue weighted by Crippen LogP contribution is 2.47. The molecule has 0 radical (unpaired) electrons. The van der Waals surface area contributed by atoms with Crippen molar-refractivity contribution in [2.24, 2.45) is 5.92 Å². The van der Waals surface area contributed by atoms with Crippen molar-refractivity contribution >= 4 is 5.91 Å². The second-order valence-electron chi connectivity index (χ2n) is 6.02. The molecule has 0 saturated heterocycles. The highest BCUT2D eigenvalue weighted by molar-refractivity contribution is 5.82. The van der Waals surface area contributed by atoms with E-state index >= 15 is 0 Å². The predicted octanol–water partition coefficient (Wildman–Crippen LogP) is 4.00. The van der Waals surface area contributed by atoms with E-state index in [2.05, 4.69) is 5.32 Å². The third-order valence-corrected chi connectivity index (χ3v) is 4.21. The van der Waals surface area contributed by atoms with Crippen LogP contribution in [0.3, 0.4) is 0 Å². The number of nitrogens with one attached hydrogen (secondary N) is 1. The molecule has 1 aliphatic rings. The number of rotatable bonds is 6. The number of benzene rings is 2. The van der Waals surface area contributed by atoms with Crippen molar-refractivity contribution in [3.63, 3.8) is 0 Å². The van der Waals surface area contributed by atoms with Gasteiger partial charge in [-0.15, -0.1) is 0 Å². The lowest BCUT2D eigenvalue weighted by atomic mass is 10.1. The molecule has 1 saturated carbocycles. The molecule has 2 atom stereocenters. The SMILES string of the molecule is O=C(NCCOc1ccccc1)C1CC1c1ccc(C(F)(F)F)cc1. The molecule has 0 spiro atoms. The van der Waals surface area contributed by atoms with Crippen LogP contribution in [0, 0.1) is 5.92 Å². The van der Waals surface area contributed by atoms with Crippen molar-refractivity contribution in [1.29, 1.82) is 0 Å². The molecule has 1 aliphatic carbocycles. The standard InChI is InChI=1S/C19H18F3NO2/c20-19(21,22)14-8-6-13(7-9-14)16-12-17(16)18(24)23-10-11-25-15-4-2-1-3-5-15/h1-9,16-17H,10-12H2,(H,23,24). The van der Waals surface area contributed by atoms with E-state index in [0.717, 1.165) is 23.4 Å². The largest absolute Gasteiger partial charge is 0.492 e. The van der Waals surface area contributed by atoms with E-state index in [1.165, 1.54) is 12.1 Å². The second-order valence-corrected chi connectivity index (χ2v) is 6.02. The van der Waals surface area contributed by atoms with Gasteiger partial charge in [-0.2, -0.15) is 13.2 Å². The number of para-hydroxylation sites is 1. The first-order valence-electron chi connectivity index (χ1n) is 8.08. The summed E-state index contributed by atoms with van der Waals surface area (Å²) in [6, 6.07) is 14.3. The van der Waals surface area contributed by atoms with E-state index in [1.807, 2.05) is 30.3 Å². The Labute approximate surface area is 143 Å². The first-order valence-corrected chi connectivity index (χ1v) is 8.08. The number of ether oxygens (including phenoxy) is 1. The quantitative estimate of drug-likeness (QED) is 0.801. The summed E-state index contributed by atoms with van der Waals surface area (Å²) in [6.07, 6.45) is -3.67. The second kappa shape index (κ2) is 7.17. The molecule has 1 amide bonds. The van der Waals surface area contributed by atoms with E-state index in [9.17, 15) is 18.0 Å². The van der Waals surface area contributed by atoms with Crippen LogP contribution >= 0.6 is 0 Å². The summed E-state index contributed by atoms with van der Waals surface area (Å²) in [6.45, 7) is 0.761. The molecule has 25 heavy (non-hydrogen) atoms. The van der Waals surface area contributed by atoms with Gasteiger partial charge in [-0.05, 0) is 42.2 Å². The fourth-order valence-electron chi connectivity index (χ4n) is 2.76. The molecule has 3 nitrogen and oxygen atoms in total. The summed E-state index contributed by atoms with van der Waals surface area (Å²) in [5.41, 5.74) is 0.102.